The molecule has 7 heteroatoms. The summed E-state index contributed by atoms with van der Waals surface area (Å²) in [5, 5.41) is 14.9. The standard InChI is InChI=1S/C22H20N2O5/c1-14(22(26)27)29-20-16(9-6-12-19(20)28-2)13-23-24-21(25)18-11-5-8-15-7-3-4-10-17(15)18/h3-14H,1-2H3,(H,24,25)(H,26,27)/b23-13-/t14-/m1/s1. The van der Waals surface area contributed by atoms with Crippen molar-refractivity contribution >= 4 is 28.9 Å². The summed E-state index contributed by atoms with van der Waals surface area (Å²) in [5.41, 5.74) is 3.47. The molecule has 0 bridgehead atoms. The van der Waals surface area contributed by atoms with Crippen LogP contribution in [-0.4, -0.2) is 36.4 Å². The fraction of sp³-hybridized carbons (Fsp3) is 0.136. The van der Waals surface area contributed by atoms with Crippen molar-refractivity contribution in [2.75, 3.05) is 7.11 Å². The Morgan fingerprint density at radius 2 is 1.79 bits per heavy atom. The van der Waals surface area contributed by atoms with E-state index in [-0.39, 0.29) is 11.7 Å². The third kappa shape index (κ3) is 4.52. The van der Waals surface area contributed by atoms with Gasteiger partial charge in [0.05, 0.1) is 13.3 Å². The number of hydrogen-bond donors (Lipinski definition) is 2. The lowest BCUT2D eigenvalue weighted by Crippen LogP contribution is -2.24. The first kappa shape index (κ1) is 19.9. The van der Waals surface area contributed by atoms with E-state index in [2.05, 4.69) is 10.5 Å². The first-order chi connectivity index (χ1) is 14.0. The van der Waals surface area contributed by atoms with E-state index in [9.17, 15) is 9.59 Å². The number of hydrazone groups is 1. The number of nitrogens with one attached hydrogen (secondary N) is 1. The van der Waals surface area contributed by atoms with Gasteiger partial charge in [-0.2, -0.15) is 5.10 Å². The number of carbonyl (C=O) groups excluding carboxylic acids is 1. The Balaban J connectivity index is 1.83. The highest BCUT2D eigenvalue weighted by atomic mass is 16.5. The zero-order valence-corrected chi connectivity index (χ0v) is 16.0. The van der Waals surface area contributed by atoms with E-state index in [0.717, 1.165) is 10.8 Å². The Morgan fingerprint density at radius 1 is 1.07 bits per heavy atom. The Hall–Kier alpha value is -3.87. The number of carboxylic acid groups (broad SMARTS) is 1. The van der Waals surface area contributed by atoms with Gasteiger partial charge >= 0.3 is 5.97 Å². The number of hydrogen-bond acceptors (Lipinski definition) is 5. The van der Waals surface area contributed by atoms with Gasteiger partial charge in [0.25, 0.3) is 5.91 Å². The van der Waals surface area contributed by atoms with Crippen molar-refractivity contribution in [3.63, 3.8) is 0 Å². The van der Waals surface area contributed by atoms with Crippen LogP contribution in [0.4, 0.5) is 0 Å². The number of carbonyl (C=O) groups is 2. The molecule has 0 spiro atoms. The molecule has 0 fully saturated rings. The van der Waals surface area contributed by atoms with Gasteiger partial charge < -0.3 is 14.6 Å². The Kier molecular flexibility index (Phi) is 6.09. The summed E-state index contributed by atoms with van der Waals surface area (Å²) in [6.45, 7) is 1.41. The molecular formula is C22H20N2O5. The Labute approximate surface area is 167 Å². The summed E-state index contributed by atoms with van der Waals surface area (Å²) in [6.07, 6.45) is 0.304. The average molecular weight is 392 g/mol. The third-order valence-corrected chi connectivity index (χ3v) is 4.28. The van der Waals surface area contributed by atoms with Crippen molar-refractivity contribution in [2.45, 2.75) is 13.0 Å². The van der Waals surface area contributed by atoms with Gasteiger partial charge in [0.2, 0.25) is 0 Å². The second-order valence-corrected chi connectivity index (χ2v) is 6.20. The van der Waals surface area contributed by atoms with Gasteiger partial charge in [0.15, 0.2) is 17.6 Å². The summed E-state index contributed by atoms with van der Waals surface area (Å²) in [5.74, 6) is -0.874. The Morgan fingerprint density at radius 3 is 2.55 bits per heavy atom. The summed E-state index contributed by atoms with van der Waals surface area (Å²) < 4.78 is 10.7. The van der Waals surface area contributed by atoms with E-state index >= 15 is 0 Å². The summed E-state index contributed by atoms with van der Waals surface area (Å²) >= 11 is 0. The molecule has 0 aliphatic rings. The second kappa shape index (κ2) is 8.88. The molecule has 3 rings (SSSR count). The molecule has 1 amide bonds. The number of aliphatic carboxylic acids is 1. The molecule has 7 nitrogen and oxygen atoms in total. The van der Waals surface area contributed by atoms with Crippen LogP contribution in [0.5, 0.6) is 11.5 Å². The van der Waals surface area contributed by atoms with Gasteiger partial charge in [-0.1, -0.05) is 42.5 Å². The molecule has 0 aliphatic carbocycles. The topological polar surface area (TPSA) is 97.2 Å². The summed E-state index contributed by atoms with van der Waals surface area (Å²) in [4.78, 5) is 23.7. The molecule has 3 aromatic carbocycles. The first-order valence-electron chi connectivity index (χ1n) is 8.89. The lowest BCUT2D eigenvalue weighted by molar-refractivity contribution is -0.144. The van der Waals surface area contributed by atoms with E-state index in [1.807, 2.05) is 36.4 Å². The van der Waals surface area contributed by atoms with Crippen molar-refractivity contribution in [1.82, 2.24) is 5.43 Å². The second-order valence-electron chi connectivity index (χ2n) is 6.20. The SMILES string of the molecule is COc1cccc(/C=N\NC(=O)c2cccc3ccccc23)c1O[C@H](C)C(=O)O. The van der Waals surface area contributed by atoms with Gasteiger partial charge in [-0.05, 0) is 35.9 Å². The van der Waals surface area contributed by atoms with Crippen molar-refractivity contribution < 1.29 is 24.2 Å². The highest BCUT2D eigenvalue weighted by Crippen LogP contribution is 2.31. The van der Waals surface area contributed by atoms with E-state index < -0.39 is 12.1 Å². The third-order valence-electron chi connectivity index (χ3n) is 4.28. The molecule has 0 saturated carbocycles. The van der Waals surface area contributed by atoms with Crippen LogP contribution in [-0.2, 0) is 4.79 Å². The quantitative estimate of drug-likeness (QED) is 0.474. The zero-order valence-electron chi connectivity index (χ0n) is 16.0. The molecule has 0 heterocycles. The molecular weight excluding hydrogens is 372 g/mol. The summed E-state index contributed by atoms with van der Waals surface area (Å²) in [7, 11) is 1.46. The fourth-order valence-corrected chi connectivity index (χ4v) is 2.79. The van der Waals surface area contributed by atoms with E-state index in [1.54, 1.807) is 24.3 Å². The van der Waals surface area contributed by atoms with E-state index in [0.29, 0.717) is 16.9 Å². The minimum atomic E-state index is -1.11. The van der Waals surface area contributed by atoms with Crippen molar-refractivity contribution in [3.05, 3.63) is 71.8 Å². The van der Waals surface area contributed by atoms with Gasteiger partial charge in [0, 0.05) is 11.1 Å². The number of amides is 1. The maximum atomic E-state index is 12.6. The maximum absolute atomic E-state index is 12.6. The molecule has 3 aromatic rings. The normalized spacial score (nSPS) is 11.9. The zero-order chi connectivity index (χ0) is 20.8. The monoisotopic (exact) mass is 392 g/mol. The van der Waals surface area contributed by atoms with Crippen LogP contribution in [0.3, 0.4) is 0 Å². The molecule has 2 N–H and O–H groups in total. The number of ether oxygens (including phenoxy) is 2. The molecule has 148 valence electrons. The number of fused-ring (bicyclic) bond motifs is 1. The number of rotatable bonds is 7. The van der Waals surface area contributed by atoms with Crippen LogP contribution in [0.1, 0.15) is 22.8 Å². The van der Waals surface area contributed by atoms with E-state index in [4.69, 9.17) is 14.6 Å². The molecule has 0 saturated heterocycles. The van der Waals surface area contributed by atoms with Crippen LogP contribution in [0, 0.1) is 0 Å². The first-order valence-corrected chi connectivity index (χ1v) is 8.89. The van der Waals surface area contributed by atoms with Crippen molar-refractivity contribution in [1.29, 1.82) is 0 Å². The number of nitrogens with zero attached hydrogens (tertiary/aromatic N) is 1. The predicted octanol–water partition coefficient (Wildman–Crippen LogP) is 3.46. The fourth-order valence-electron chi connectivity index (χ4n) is 2.79. The van der Waals surface area contributed by atoms with Gasteiger partial charge in [-0.25, -0.2) is 10.2 Å². The highest BCUT2D eigenvalue weighted by Gasteiger charge is 2.18. The highest BCUT2D eigenvalue weighted by molar-refractivity contribution is 6.07. The van der Waals surface area contributed by atoms with Crippen LogP contribution >= 0.6 is 0 Å². The minimum absolute atomic E-state index is 0.230. The lowest BCUT2D eigenvalue weighted by Gasteiger charge is -2.15. The van der Waals surface area contributed by atoms with Crippen LogP contribution < -0.4 is 14.9 Å². The molecule has 0 radical (unpaired) electrons. The summed E-state index contributed by atoms with van der Waals surface area (Å²) in [6, 6.07) is 18.1. The van der Waals surface area contributed by atoms with E-state index in [1.165, 1.54) is 20.2 Å². The number of para-hydroxylation sites is 1. The number of carboxylic acids is 1. The number of benzene rings is 3. The Bertz CT molecular complexity index is 1070. The smallest absolute Gasteiger partial charge is 0.344 e. The van der Waals surface area contributed by atoms with Gasteiger partial charge in [-0.15, -0.1) is 0 Å². The van der Waals surface area contributed by atoms with Crippen LogP contribution in [0.15, 0.2) is 65.8 Å². The van der Waals surface area contributed by atoms with Crippen molar-refractivity contribution in [3.8, 4) is 11.5 Å². The predicted molar refractivity (Wildman–Crippen MR) is 110 cm³/mol. The average Bonchev–Trinajstić information content (AvgIpc) is 2.74. The van der Waals surface area contributed by atoms with Gasteiger partial charge in [0.1, 0.15) is 0 Å². The van der Waals surface area contributed by atoms with Crippen LogP contribution in [0.2, 0.25) is 0 Å². The molecule has 1 atom stereocenters. The lowest BCUT2D eigenvalue weighted by atomic mass is 10.0. The molecule has 0 aromatic heterocycles. The largest absolute Gasteiger partial charge is 0.493 e. The molecule has 0 unspecified atom stereocenters. The minimum Gasteiger partial charge on any atom is -0.493 e. The maximum Gasteiger partial charge on any atom is 0.344 e. The van der Waals surface area contributed by atoms with Crippen LogP contribution in [0.25, 0.3) is 10.8 Å². The number of methoxy groups -OCH3 is 1. The molecule has 0 aliphatic heterocycles. The van der Waals surface area contributed by atoms with Crippen molar-refractivity contribution in [2.24, 2.45) is 5.10 Å². The molecule has 29 heavy (non-hydrogen) atoms. The van der Waals surface area contributed by atoms with Gasteiger partial charge in [-0.3, -0.25) is 4.79 Å².